The van der Waals surface area contributed by atoms with Crippen LogP contribution in [-0.2, 0) is 46.4 Å². The van der Waals surface area contributed by atoms with Gasteiger partial charge >= 0.3 is 0 Å². The van der Waals surface area contributed by atoms with E-state index in [-0.39, 0.29) is 44.2 Å². The van der Waals surface area contributed by atoms with Gasteiger partial charge in [0.1, 0.15) is 36.3 Å². The Balaban J connectivity index is 1.36. The minimum absolute atomic E-state index is 0.0368. The third kappa shape index (κ3) is 9.86. The first-order valence-electron chi connectivity index (χ1n) is 20.5. The Hall–Kier alpha value is -5.73. The Kier molecular flexibility index (Phi) is 13.5. The number of carbonyl (C=O) groups is 7. The molecule has 3 aromatic rings. The number of benzene rings is 2. The minimum Gasteiger partial charge on any atom is -0.361 e. The van der Waals surface area contributed by atoms with Gasteiger partial charge in [-0.2, -0.15) is 0 Å². The lowest BCUT2D eigenvalue weighted by molar-refractivity contribution is -0.142. The highest BCUT2D eigenvalue weighted by molar-refractivity contribution is 5.99. The average molecular weight is 797 g/mol. The predicted molar refractivity (Wildman–Crippen MR) is 217 cm³/mol. The first kappa shape index (κ1) is 41.9. The van der Waals surface area contributed by atoms with Crippen molar-refractivity contribution in [3.63, 3.8) is 0 Å². The van der Waals surface area contributed by atoms with E-state index in [1.807, 2.05) is 68.4 Å². The molecule has 0 spiro atoms. The van der Waals surface area contributed by atoms with Crippen molar-refractivity contribution in [3.8, 4) is 0 Å². The van der Waals surface area contributed by atoms with Crippen LogP contribution in [0.5, 0.6) is 0 Å². The molecule has 7 amide bonds. The molecule has 0 aliphatic carbocycles. The van der Waals surface area contributed by atoms with E-state index in [9.17, 15) is 33.6 Å². The molecule has 58 heavy (non-hydrogen) atoms. The van der Waals surface area contributed by atoms with Crippen LogP contribution in [0.3, 0.4) is 0 Å². The molecular formula is C43H56N8O7. The first-order valence-corrected chi connectivity index (χ1v) is 20.5. The minimum atomic E-state index is -1.12. The molecule has 0 radical (unpaired) electrons. The summed E-state index contributed by atoms with van der Waals surface area (Å²) in [6.07, 6.45) is 4.03. The SMILES string of the molecule is CC(C)C[C@@H]1NC(=O)[C@H](C(C)C)NC(=O)[C@@H]2CCCN2C(=O)CNC(=O)[C@H](Cc2ccccc2)NC(=O)[C@@H]2CCCN2C(=O)C(Cc2c[nH]c3ccccc23)NC1=O. The molecule has 15 heteroatoms. The van der Waals surface area contributed by atoms with Gasteiger partial charge in [-0.05, 0) is 61.1 Å². The van der Waals surface area contributed by atoms with Crippen LogP contribution in [0.15, 0.2) is 60.8 Å². The van der Waals surface area contributed by atoms with E-state index < -0.39 is 84.1 Å². The molecule has 6 atom stereocenters. The first-order chi connectivity index (χ1) is 27.8. The van der Waals surface area contributed by atoms with Crippen molar-refractivity contribution >= 4 is 52.3 Å². The number of carbonyl (C=O) groups excluding carboxylic acids is 7. The van der Waals surface area contributed by atoms with Gasteiger partial charge in [0.15, 0.2) is 0 Å². The van der Waals surface area contributed by atoms with Gasteiger partial charge in [0.2, 0.25) is 41.4 Å². The zero-order valence-electron chi connectivity index (χ0n) is 33.7. The molecule has 3 fully saturated rings. The molecule has 6 rings (SSSR count). The summed E-state index contributed by atoms with van der Waals surface area (Å²) in [6.45, 7) is 7.52. The fraction of sp³-hybridized carbons (Fsp3) is 0.512. The van der Waals surface area contributed by atoms with Crippen LogP contribution in [0.25, 0.3) is 10.9 Å². The number of para-hydroxylation sites is 1. The zero-order valence-corrected chi connectivity index (χ0v) is 33.7. The standard InChI is InChI=1S/C43H56N8O7/c1-25(2)20-31-39(54)48-33(22-28-23-44-30-15-9-8-14-29(28)30)43(58)51-19-11-17-35(51)40(55)46-32(21-27-12-6-5-7-13-27)38(53)45-24-36(52)50-18-10-16-34(50)41(56)49-37(26(3)4)42(57)47-31/h5-9,12-15,23,25-26,31-35,37,44H,10-11,16-22,24H2,1-4H3,(H,45,53)(H,46,55)(H,47,57)(H,48,54)(H,49,56)/t31-,32-,33?,34-,35-,37-/m0/s1. The highest BCUT2D eigenvalue weighted by Gasteiger charge is 2.41. The lowest BCUT2D eigenvalue weighted by Gasteiger charge is -2.31. The van der Waals surface area contributed by atoms with Crippen molar-refractivity contribution < 1.29 is 33.6 Å². The summed E-state index contributed by atoms with van der Waals surface area (Å²) in [4.78, 5) is 104. The van der Waals surface area contributed by atoms with Crippen LogP contribution < -0.4 is 26.6 Å². The number of nitrogens with one attached hydrogen (secondary N) is 6. The number of H-pyrrole nitrogens is 1. The summed E-state index contributed by atoms with van der Waals surface area (Å²) < 4.78 is 0. The molecule has 2 aromatic carbocycles. The maximum absolute atomic E-state index is 14.7. The second-order valence-corrected chi connectivity index (χ2v) is 16.4. The van der Waals surface area contributed by atoms with Crippen molar-refractivity contribution in [1.82, 2.24) is 41.4 Å². The number of rotatable bonds is 7. The molecule has 310 valence electrons. The molecule has 1 unspecified atom stereocenters. The Bertz CT molecular complexity index is 2000. The third-order valence-electron chi connectivity index (χ3n) is 11.3. The van der Waals surface area contributed by atoms with E-state index in [1.165, 1.54) is 9.80 Å². The van der Waals surface area contributed by atoms with Gasteiger partial charge in [-0.15, -0.1) is 0 Å². The molecule has 0 bridgehead atoms. The molecular weight excluding hydrogens is 741 g/mol. The molecule has 3 aliphatic rings. The maximum Gasteiger partial charge on any atom is 0.246 e. The van der Waals surface area contributed by atoms with Gasteiger partial charge in [-0.25, -0.2) is 0 Å². The molecule has 6 N–H and O–H groups in total. The number of aromatic amines is 1. The van der Waals surface area contributed by atoms with Crippen LogP contribution in [0, 0.1) is 11.8 Å². The average Bonchev–Trinajstić information content (AvgIpc) is 3.98. The fourth-order valence-electron chi connectivity index (χ4n) is 8.30. The number of fused-ring (bicyclic) bond motifs is 3. The third-order valence-corrected chi connectivity index (χ3v) is 11.3. The van der Waals surface area contributed by atoms with E-state index >= 15 is 0 Å². The van der Waals surface area contributed by atoms with Crippen molar-refractivity contribution in [2.75, 3.05) is 19.6 Å². The van der Waals surface area contributed by atoms with Crippen LogP contribution in [0.2, 0.25) is 0 Å². The molecule has 4 heterocycles. The Labute approximate surface area is 338 Å². The van der Waals surface area contributed by atoms with Crippen LogP contribution in [0.4, 0.5) is 0 Å². The Morgan fingerprint density at radius 3 is 1.97 bits per heavy atom. The largest absolute Gasteiger partial charge is 0.361 e. The molecule has 15 nitrogen and oxygen atoms in total. The maximum atomic E-state index is 14.7. The Morgan fingerprint density at radius 1 is 0.638 bits per heavy atom. The monoisotopic (exact) mass is 796 g/mol. The van der Waals surface area contributed by atoms with Gasteiger partial charge in [0.05, 0.1) is 6.54 Å². The lowest BCUT2D eigenvalue weighted by atomic mass is 9.98. The zero-order chi connectivity index (χ0) is 41.5. The van der Waals surface area contributed by atoms with Crippen molar-refractivity contribution in [1.29, 1.82) is 0 Å². The van der Waals surface area contributed by atoms with Gasteiger partial charge in [0.25, 0.3) is 0 Å². The number of aromatic nitrogens is 1. The van der Waals surface area contributed by atoms with Crippen molar-refractivity contribution in [2.24, 2.45) is 11.8 Å². The van der Waals surface area contributed by atoms with E-state index in [1.54, 1.807) is 20.0 Å². The van der Waals surface area contributed by atoms with E-state index in [2.05, 4.69) is 31.6 Å². The molecule has 3 saturated heterocycles. The van der Waals surface area contributed by atoms with E-state index in [0.717, 1.165) is 22.0 Å². The lowest BCUT2D eigenvalue weighted by Crippen LogP contribution is -2.60. The van der Waals surface area contributed by atoms with Gasteiger partial charge < -0.3 is 41.4 Å². The quantitative estimate of drug-likeness (QED) is 0.209. The highest BCUT2D eigenvalue weighted by Crippen LogP contribution is 2.24. The van der Waals surface area contributed by atoms with Crippen LogP contribution >= 0.6 is 0 Å². The molecule has 3 aliphatic heterocycles. The summed E-state index contributed by atoms with van der Waals surface area (Å²) in [5, 5.41) is 15.1. The number of nitrogens with zero attached hydrogens (tertiary/aromatic N) is 2. The summed E-state index contributed by atoms with van der Waals surface area (Å²) in [5.74, 6) is -4.15. The summed E-state index contributed by atoms with van der Waals surface area (Å²) in [6, 6.07) is 10.7. The topological polar surface area (TPSA) is 202 Å². The van der Waals surface area contributed by atoms with Crippen LogP contribution in [-0.4, -0.2) is 112 Å². The molecule has 1 aromatic heterocycles. The number of amides is 7. The van der Waals surface area contributed by atoms with Crippen molar-refractivity contribution in [3.05, 3.63) is 71.9 Å². The van der Waals surface area contributed by atoms with E-state index in [4.69, 9.17) is 0 Å². The summed E-state index contributed by atoms with van der Waals surface area (Å²) in [5.41, 5.74) is 2.41. The second kappa shape index (κ2) is 18.7. The summed E-state index contributed by atoms with van der Waals surface area (Å²) >= 11 is 0. The number of hydrogen-bond donors (Lipinski definition) is 6. The van der Waals surface area contributed by atoms with Crippen LogP contribution in [0.1, 0.15) is 70.9 Å². The predicted octanol–water partition coefficient (Wildman–Crippen LogP) is 1.71. The van der Waals surface area contributed by atoms with Crippen molar-refractivity contribution in [2.45, 2.75) is 109 Å². The Morgan fingerprint density at radius 2 is 1.26 bits per heavy atom. The summed E-state index contributed by atoms with van der Waals surface area (Å²) in [7, 11) is 0. The highest BCUT2D eigenvalue weighted by atomic mass is 16.2. The van der Waals surface area contributed by atoms with E-state index in [0.29, 0.717) is 25.7 Å². The fourth-order valence-corrected chi connectivity index (χ4v) is 8.30. The van der Waals surface area contributed by atoms with Gasteiger partial charge in [0, 0.05) is 43.0 Å². The van der Waals surface area contributed by atoms with Gasteiger partial charge in [-0.1, -0.05) is 76.2 Å². The smallest absolute Gasteiger partial charge is 0.246 e. The van der Waals surface area contributed by atoms with Gasteiger partial charge in [-0.3, -0.25) is 33.6 Å². The second-order valence-electron chi connectivity index (χ2n) is 16.4. The molecule has 0 saturated carbocycles. The number of hydrogen-bond acceptors (Lipinski definition) is 7. The normalized spacial score (nSPS) is 25.8.